The highest BCUT2D eigenvalue weighted by atomic mass is 35.5. The lowest BCUT2D eigenvalue weighted by molar-refractivity contribution is 0.0993. The Morgan fingerprint density at radius 2 is 2.00 bits per heavy atom. The second kappa shape index (κ2) is 4.65. The molecule has 1 aromatic carbocycles. The molecule has 19 heavy (non-hydrogen) atoms. The fraction of sp³-hybridized carbons (Fsp3) is 0.308. The van der Waals surface area contributed by atoms with E-state index in [4.69, 9.17) is 11.6 Å². The molecule has 0 spiro atoms. The first kappa shape index (κ1) is 14.1. The monoisotopic (exact) mass is 299 g/mol. The largest absolute Gasteiger partial charge is 0.350 e. The molecule has 1 heterocycles. The van der Waals surface area contributed by atoms with Crippen molar-refractivity contribution in [3.63, 3.8) is 0 Å². The molecule has 0 aliphatic heterocycles. The Morgan fingerprint density at radius 1 is 1.37 bits per heavy atom. The van der Waals surface area contributed by atoms with E-state index in [0.29, 0.717) is 16.0 Å². The predicted molar refractivity (Wildman–Crippen MR) is 76.6 cm³/mol. The maximum absolute atomic E-state index is 12.3. The van der Waals surface area contributed by atoms with Crippen LogP contribution in [0.4, 0.5) is 0 Å². The summed E-state index contributed by atoms with van der Waals surface area (Å²) in [6.07, 6.45) is 2.71. The molecule has 1 aromatic heterocycles. The van der Waals surface area contributed by atoms with Crippen molar-refractivity contribution in [3.8, 4) is 0 Å². The Labute approximate surface area is 116 Å². The molecule has 0 aliphatic carbocycles. The molecule has 1 atom stereocenters. The van der Waals surface area contributed by atoms with Gasteiger partial charge >= 0.3 is 0 Å². The Hall–Kier alpha value is -1.33. The summed E-state index contributed by atoms with van der Waals surface area (Å²) in [6.45, 7) is 1.41. The normalized spacial score (nSPS) is 13.7. The minimum absolute atomic E-state index is 0.393. The zero-order chi connectivity index (χ0) is 14.4. The van der Waals surface area contributed by atoms with E-state index in [0.717, 1.165) is 11.8 Å². The van der Waals surface area contributed by atoms with E-state index in [1.807, 2.05) is 0 Å². The van der Waals surface area contributed by atoms with E-state index in [9.17, 15) is 13.2 Å². The highest BCUT2D eigenvalue weighted by molar-refractivity contribution is 7.92. The summed E-state index contributed by atoms with van der Waals surface area (Å²) >= 11 is 5.92. The van der Waals surface area contributed by atoms with Gasteiger partial charge in [0.1, 0.15) is 5.25 Å². The van der Waals surface area contributed by atoms with Gasteiger partial charge in [-0.1, -0.05) is 17.7 Å². The fourth-order valence-corrected chi connectivity index (χ4v) is 2.65. The number of benzene rings is 1. The molecule has 6 heteroatoms. The third kappa shape index (κ3) is 2.53. The van der Waals surface area contributed by atoms with Gasteiger partial charge in [0.25, 0.3) is 0 Å². The minimum Gasteiger partial charge on any atom is -0.350 e. The molecule has 2 aromatic rings. The van der Waals surface area contributed by atoms with Crippen molar-refractivity contribution in [2.45, 2.75) is 12.2 Å². The van der Waals surface area contributed by atoms with Crippen molar-refractivity contribution in [2.24, 2.45) is 7.05 Å². The van der Waals surface area contributed by atoms with Gasteiger partial charge in [-0.15, -0.1) is 0 Å². The average molecular weight is 300 g/mol. The maximum Gasteiger partial charge on any atom is 0.182 e. The lowest BCUT2D eigenvalue weighted by Gasteiger charge is -2.07. The van der Waals surface area contributed by atoms with Crippen LogP contribution in [0.5, 0.6) is 0 Å². The number of hydrogen-bond donors (Lipinski definition) is 0. The zero-order valence-electron chi connectivity index (χ0n) is 10.8. The van der Waals surface area contributed by atoms with Gasteiger partial charge in [0.05, 0.1) is 0 Å². The number of rotatable bonds is 3. The second-order valence-electron chi connectivity index (χ2n) is 4.65. The third-order valence-corrected chi connectivity index (χ3v) is 4.96. The van der Waals surface area contributed by atoms with Crippen LogP contribution in [0.15, 0.2) is 24.4 Å². The summed E-state index contributed by atoms with van der Waals surface area (Å²) < 4.78 is 24.8. The number of aryl methyl sites for hydroxylation is 1. The van der Waals surface area contributed by atoms with Crippen molar-refractivity contribution in [2.75, 3.05) is 6.26 Å². The van der Waals surface area contributed by atoms with Crippen molar-refractivity contribution in [1.29, 1.82) is 0 Å². The van der Waals surface area contributed by atoms with Crippen LogP contribution in [0.3, 0.4) is 0 Å². The van der Waals surface area contributed by atoms with Gasteiger partial charge in [0, 0.05) is 41.0 Å². The molecule has 1 unspecified atom stereocenters. The summed E-state index contributed by atoms with van der Waals surface area (Å²) in [6, 6.07) is 5.17. The van der Waals surface area contributed by atoms with Crippen LogP contribution in [-0.2, 0) is 16.9 Å². The summed E-state index contributed by atoms with van der Waals surface area (Å²) in [5.41, 5.74) is 1.21. The van der Waals surface area contributed by atoms with Gasteiger partial charge in [-0.3, -0.25) is 4.79 Å². The van der Waals surface area contributed by atoms with E-state index in [-0.39, 0.29) is 0 Å². The van der Waals surface area contributed by atoms with Crippen LogP contribution in [0.2, 0.25) is 5.02 Å². The SMILES string of the molecule is CC(C(=O)c1cn(C)c2cc(Cl)ccc12)S(C)(=O)=O. The lowest BCUT2D eigenvalue weighted by Crippen LogP contribution is -2.26. The van der Waals surface area contributed by atoms with Crippen LogP contribution >= 0.6 is 11.6 Å². The first-order chi connectivity index (χ1) is 8.71. The third-order valence-electron chi connectivity index (χ3n) is 3.23. The number of fused-ring (bicyclic) bond motifs is 1. The summed E-state index contributed by atoms with van der Waals surface area (Å²) in [5.74, 6) is -0.393. The fourth-order valence-electron chi connectivity index (χ4n) is 1.97. The molecule has 4 nitrogen and oxygen atoms in total. The van der Waals surface area contributed by atoms with Crippen molar-refractivity contribution in [1.82, 2.24) is 4.57 Å². The van der Waals surface area contributed by atoms with Crippen molar-refractivity contribution >= 4 is 38.1 Å². The smallest absolute Gasteiger partial charge is 0.182 e. The standard InChI is InChI=1S/C13H14ClNO3S/c1-8(19(3,17)18)13(16)11-7-15(2)12-6-9(14)4-5-10(11)12/h4-8H,1-3H3. The molecule has 0 amide bonds. The number of hydrogen-bond acceptors (Lipinski definition) is 3. The highest BCUT2D eigenvalue weighted by Gasteiger charge is 2.27. The van der Waals surface area contributed by atoms with Gasteiger partial charge in [-0.05, 0) is 19.1 Å². The number of halogens is 1. The van der Waals surface area contributed by atoms with E-state index in [2.05, 4.69) is 0 Å². The molecule has 0 N–H and O–H groups in total. The van der Waals surface area contributed by atoms with Crippen LogP contribution in [0.1, 0.15) is 17.3 Å². The number of sulfone groups is 1. The summed E-state index contributed by atoms with van der Waals surface area (Å²) in [4.78, 5) is 12.3. The first-order valence-corrected chi connectivity index (χ1v) is 8.02. The molecule has 0 saturated carbocycles. The number of Topliss-reactive ketones (excluding diaryl/α,β-unsaturated/α-hetero) is 1. The summed E-state index contributed by atoms with van der Waals surface area (Å²) in [7, 11) is -1.61. The number of nitrogens with zero attached hydrogens (tertiary/aromatic N) is 1. The molecular weight excluding hydrogens is 286 g/mol. The van der Waals surface area contributed by atoms with E-state index in [1.165, 1.54) is 6.92 Å². The number of carbonyl (C=O) groups is 1. The highest BCUT2D eigenvalue weighted by Crippen LogP contribution is 2.25. The van der Waals surface area contributed by atoms with E-state index < -0.39 is 20.9 Å². The minimum atomic E-state index is -3.40. The Kier molecular flexibility index (Phi) is 3.45. The van der Waals surface area contributed by atoms with Gasteiger partial charge in [0.2, 0.25) is 0 Å². The Morgan fingerprint density at radius 3 is 2.58 bits per heavy atom. The van der Waals surface area contributed by atoms with Crippen LogP contribution in [-0.4, -0.2) is 30.3 Å². The maximum atomic E-state index is 12.3. The summed E-state index contributed by atoms with van der Waals surface area (Å²) in [5, 5.41) is 0.241. The predicted octanol–water partition coefficient (Wildman–Crippen LogP) is 2.45. The molecule has 0 radical (unpaired) electrons. The average Bonchev–Trinajstić information content (AvgIpc) is 2.63. The van der Waals surface area contributed by atoms with E-state index >= 15 is 0 Å². The number of ketones is 1. The van der Waals surface area contributed by atoms with Gasteiger partial charge < -0.3 is 4.57 Å². The molecule has 102 valence electrons. The topological polar surface area (TPSA) is 56.1 Å². The molecule has 0 aliphatic rings. The van der Waals surface area contributed by atoms with Gasteiger partial charge in [-0.2, -0.15) is 0 Å². The first-order valence-electron chi connectivity index (χ1n) is 5.69. The number of carbonyl (C=O) groups excluding carboxylic acids is 1. The second-order valence-corrected chi connectivity index (χ2v) is 7.45. The van der Waals surface area contributed by atoms with E-state index in [1.54, 1.807) is 36.0 Å². The molecule has 2 rings (SSSR count). The quantitative estimate of drug-likeness (QED) is 0.818. The van der Waals surface area contributed by atoms with Gasteiger partial charge in [-0.25, -0.2) is 8.42 Å². The molecule has 0 fully saturated rings. The number of aromatic nitrogens is 1. The Balaban J connectivity index is 2.61. The lowest BCUT2D eigenvalue weighted by atomic mass is 10.1. The van der Waals surface area contributed by atoms with Crippen molar-refractivity contribution in [3.05, 3.63) is 35.0 Å². The zero-order valence-corrected chi connectivity index (χ0v) is 12.4. The molecule has 0 bridgehead atoms. The van der Waals surface area contributed by atoms with Crippen molar-refractivity contribution < 1.29 is 13.2 Å². The van der Waals surface area contributed by atoms with Crippen LogP contribution in [0.25, 0.3) is 10.9 Å². The van der Waals surface area contributed by atoms with Crippen LogP contribution < -0.4 is 0 Å². The van der Waals surface area contributed by atoms with Gasteiger partial charge in [0.15, 0.2) is 15.6 Å². The molecular formula is C13H14ClNO3S. The Bertz CT molecular complexity index is 762. The van der Waals surface area contributed by atoms with Crippen LogP contribution in [0, 0.1) is 0 Å². The molecule has 0 saturated heterocycles.